The Bertz CT molecular complexity index is 651. The van der Waals surface area contributed by atoms with Crippen LogP contribution in [0.5, 0.6) is 0 Å². The molecule has 0 bridgehead atoms. The van der Waals surface area contributed by atoms with Gasteiger partial charge in [0.25, 0.3) is 5.91 Å². The topological polar surface area (TPSA) is 108 Å². The smallest absolute Gasteiger partial charge is 0.326 e. The second-order valence-electron chi connectivity index (χ2n) is 4.35. The average molecular weight is 341 g/mol. The maximum absolute atomic E-state index is 12.3. The lowest BCUT2D eigenvalue weighted by Gasteiger charge is -2.22. The van der Waals surface area contributed by atoms with Crippen LogP contribution in [-0.2, 0) is 14.4 Å². The maximum Gasteiger partial charge on any atom is 0.326 e. The number of thiocarbonyl (C=S) groups is 1. The molecule has 2 N–H and O–H groups in total. The molecule has 1 fully saturated rings. The fourth-order valence-corrected chi connectivity index (χ4v) is 3.21. The summed E-state index contributed by atoms with van der Waals surface area (Å²) < 4.78 is 5.19. The van der Waals surface area contributed by atoms with Crippen molar-refractivity contribution < 1.29 is 29.0 Å². The summed E-state index contributed by atoms with van der Waals surface area (Å²) in [6, 6.07) is 2.00. The Hall–Kier alpha value is -2.13. The summed E-state index contributed by atoms with van der Waals surface area (Å²) in [4.78, 5) is 35.5. The summed E-state index contributed by atoms with van der Waals surface area (Å²) in [5.41, 5.74) is 0. The molecule has 2 rings (SSSR count). The zero-order valence-electron chi connectivity index (χ0n) is 11.1. The van der Waals surface area contributed by atoms with Crippen LogP contribution in [0.2, 0.25) is 0 Å². The van der Waals surface area contributed by atoms with Gasteiger partial charge in [0.05, 0.1) is 11.2 Å². The van der Waals surface area contributed by atoms with Gasteiger partial charge >= 0.3 is 11.9 Å². The van der Waals surface area contributed by atoms with Gasteiger partial charge in [-0.25, -0.2) is 4.79 Å². The third-order valence-corrected chi connectivity index (χ3v) is 4.20. The fourth-order valence-electron chi connectivity index (χ4n) is 1.87. The number of amides is 1. The van der Waals surface area contributed by atoms with Gasteiger partial charge in [0.1, 0.15) is 16.1 Å². The first-order valence-electron chi connectivity index (χ1n) is 6.15. The Morgan fingerprint density at radius 3 is 2.73 bits per heavy atom. The van der Waals surface area contributed by atoms with E-state index in [0.717, 1.165) is 16.7 Å². The lowest BCUT2D eigenvalue weighted by molar-refractivity contribution is -0.146. The summed E-state index contributed by atoms with van der Waals surface area (Å²) in [6.45, 7) is 0. The molecule has 0 radical (unpaired) electrons. The predicted molar refractivity (Wildman–Crippen MR) is 82.0 cm³/mol. The highest BCUT2D eigenvalue weighted by atomic mass is 32.2. The molecule has 9 heteroatoms. The largest absolute Gasteiger partial charge is 0.481 e. The summed E-state index contributed by atoms with van der Waals surface area (Å²) in [5, 5.41) is 17.9. The molecule has 0 saturated carbocycles. The molecule has 2 heterocycles. The van der Waals surface area contributed by atoms with Crippen molar-refractivity contribution in [1.29, 1.82) is 0 Å². The monoisotopic (exact) mass is 341 g/mol. The molecule has 1 atom stereocenters. The highest BCUT2D eigenvalue weighted by Gasteiger charge is 2.40. The van der Waals surface area contributed by atoms with Crippen molar-refractivity contribution in [1.82, 2.24) is 4.90 Å². The van der Waals surface area contributed by atoms with E-state index in [9.17, 15) is 19.5 Å². The Morgan fingerprint density at radius 1 is 1.45 bits per heavy atom. The van der Waals surface area contributed by atoms with Crippen LogP contribution in [0.15, 0.2) is 27.7 Å². The van der Waals surface area contributed by atoms with E-state index in [1.807, 2.05) is 0 Å². The molecular weight excluding hydrogens is 330 g/mol. The van der Waals surface area contributed by atoms with Crippen LogP contribution in [0, 0.1) is 0 Å². The second-order valence-corrected chi connectivity index (χ2v) is 6.03. The van der Waals surface area contributed by atoms with Crippen LogP contribution in [-0.4, -0.2) is 43.3 Å². The molecule has 0 aromatic carbocycles. The Labute approximate surface area is 134 Å². The number of carboxylic acid groups (broad SMARTS) is 2. The van der Waals surface area contributed by atoms with Crippen LogP contribution >= 0.6 is 24.0 Å². The molecule has 1 aromatic rings. The van der Waals surface area contributed by atoms with E-state index in [0.29, 0.717) is 5.76 Å². The number of aliphatic carboxylic acids is 2. The summed E-state index contributed by atoms with van der Waals surface area (Å²) in [7, 11) is 0. The number of carbonyl (C=O) groups is 3. The zero-order chi connectivity index (χ0) is 16.3. The van der Waals surface area contributed by atoms with Crippen LogP contribution in [0.25, 0.3) is 6.08 Å². The molecule has 22 heavy (non-hydrogen) atoms. The van der Waals surface area contributed by atoms with Gasteiger partial charge in [0, 0.05) is 12.5 Å². The Kier molecular flexibility index (Phi) is 4.99. The van der Waals surface area contributed by atoms with Gasteiger partial charge in [-0.3, -0.25) is 14.5 Å². The van der Waals surface area contributed by atoms with Gasteiger partial charge in [0.15, 0.2) is 0 Å². The standard InChI is InChI=1S/C13H11NO6S2/c15-10(16)4-3-8(12(18)19)14-11(17)9(22-13(14)21)6-7-2-1-5-20-7/h1-2,5-6,8H,3-4H2,(H,15,16)(H,18,19)/b9-6+/t8-/m1/s1. The second kappa shape index (κ2) is 6.75. The predicted octanol–water partition coefficient (Wildman–Crippen LogP) is 1.80. The van der Waals surface area contributed by atoms with Gasteiger partial charge in [-0.05, 0) is 18.6 Å². The zero-order valence-corrected chi connectivity index (χ0v) is 12.7. The van der Waals surface area contributed by atoms with Crippen molar-refractivity contribution >= 4 is 52.2 Å². The lowest BCUT2D eigenvalue weighted by atomic mass is 10.1. The van der Waals surface area contributed by atoms with Crippen molar-refractivity contribution in [3.63, 3.8) is 0 Å². The van der Waals surface area contributed by atoms with Gasteiger partial charge < -0.3 is 14.6 Å². The number of carbonyl (C=O) groups excluding carboxylic acids is 1. The molecule has 116 valence electrons. The minimum atomic E-state index is -1.30. The van der Waals surface area contributed by atoms with Crippen LogP contribution < -0.4 is 0 Å². The highest BCUT2D eigenvalue weighted by Crippen LogP contribution is 2.34. The van der Waals surface area contributed by atoms with Crippen LogP contribution in [0.1, 0.15) is 18.6 Å². The number of thioether (sulfide) groups is 1. The van der Waals surface area contributed by atoms with Crippen molar-refractivity contribution in [3.05, 3.63) is 29.1 Å². The summed E-state index contributed by atoms with van der Waals surface area (Å²) in [6.07, 6.45) is 2.32. The number of nitrogens with zero attached hydrogens (tertiary/aromatic N) is 1. The average Bonchev–Trinajstić information content (AvgIpc) is 3.02. The summed E-state index contributed by atoms with van der Waals surface area (Å²) >= 11 is 6.01. The Morgan fingerprint density at radius 2 is 2.18 bits per heavy atom. The molecular formula is C13H11NO6S2. The molecule has 1 saturated heterocycles. The number of carboxylic acids is 2. The highest BCUT2D eigenvalue weighted by molar-refractivity contribution is 8.26. The van der Waals surface area contributed by atoms with Gasteiger partial charge in [0.2, 0.25) is 0 Å². The third kappa shape index (κ3) is 3.55. The summed E-state index contributed by atoms with van der Waals surface area (Å²) in [5.74, 6) is -2.55. The maximum atomic E-state index is 12.3. The van der Waals surface area contributed by atoms with E-state index in [1.54, 1.807) is 12.1 Å². The molecule has 1 amide bonds. The molecule has 0 aliphatic carbocycles. The van der Waals surface area contributed by atoms with Crippen LogP contribution in [0.3, 0.4) is 0 Å². The van der Waals surface area contributed by atoms with E-state index < -0.39 is 23.9 Å². The first-order chi connectivity index (χ1) is 10.4. The lowest BCUT2D eigenvalue weighted by Crippen LogP contribution is -2.44. The van der Waals surface area contributed by atoms with E-state index in [-0.39, 0.29) is 22.1 Å². The van der Waals surface area contributed by atoms with Gasteiger partial charge in [-0.2, -0.15) is 0 Å². The first kappa shape index (κ1) is 16.2. The molecule has 1 aliphatic heterocycles. The van der Waals surface area contributed by atoms with Gasteiger partial charge in [-0.1, -0.05) is 24.0 Å². The SMILES string of the molecule is O=C(O)CC[C@H](C(=O)O)N1C(=O)/C(=C\c2ccco2)SC1=S. The number of furan rings is 1. The molecule has 1 aliphatic rings. The van der Waals surface area contributed by atoms with Crippen molar-refractivity contribution in [2.75, 3.05) is 0 Å². The number of rotatable bonds is 6. The minimum Gasteiger partial charge on any atom is -0.481 e. The van der Waals surface area contributed by atoms with Crippen molar-refractivity contribution in [2.45, 2.75) is 18.9 Å². The van der Waals surface area contributed by atoms with Gasteiger partial charge in [-0.15, -0.1) is 0 Å². The Balaban J connectivity index is 2.22. The third-order valence-electron chi connectivity index (χ3n) is 2.87. The van der Waals surface area contributed by atoms with Crippen molar-refractivity contribution in [2.24, 2.45) is 0 Å². The van der Waals surface area contributed by atoms with E-state index in [1.165, 1.54) is 12.3 Å². The quantitative estimate of drug-likeness (QED) is 0.596. The van der Waals surface area contributed by atoms with E-state index in [2.05, 4.69) is 0 Å². The number of hydrogen-bond donors (Lipinski definition) is 2. The molecule has 7 nitrogen and oxygen atoms in total. The normalized spacial score (nSPS) is 18.0. The number of hydrogen-bond acceptors (Lipinski definition) is 6. The molecule has 0 unspecified atom stereocenters. The van der Waals surface area contributed by atoms with E-state index >= 15 is 0 Å². The fraction of sp³-hybridized carbons (Fsp3) is 0.231. The van der Waals surface area contributed by atoms with E-state index in [4.69, 9.17) is 21.7 Å². The van der Waals surface area contributed by atoms with Crippen molar-refractivity contribution in [3.8, 4) is 0 Å². The van der Waals surface area contributed by atoms with Crippen LogP contribution in [0.4, 0.5) is 0 Å². The molecule has 1 aromatic heterocycles. The molecule has 0 spiro atoms. The minimum absolute atomic E-state index is 0.0839. The first-order valence-corrected chi connectivity index (χ1v) is 7.38.